The molecule has 1 amide bonds. The lowest BCUT2D eigenvalue weighted by atomic mass is 9.99. The first-order valence-corrected chi connectivity index (χ1v) is 9.28. The van der Waals surface area contributed by atoms with Gasteiger partial charge in [-0.3, -0.25) is 19.7 Å². The Kier molecular flexibility index (Phi) is 4.47. The molecule has 1 aliphatic rings. The van der Waals surface area contributed by atoms with Gasteiger partial charge in [0.1, 0.15) is 5.69 Å². The summed E-state index contributed by atoms with van der Waals surface area (Å²) in [5.41, 5.74) is 3.14. The molecule has 3 aromatic heterocycles. The van der Waals surface area contributed by atoms with Crippen LogP contribution in [0.1, 0.15) is 59.8 Å². The van der Waals surface area contributed by atoms with Gasteiger partial charge in [-0.25, -0.2) is 14.5 Å². The van der Waals surface area contributed by atoms with Gasteiger partial charge in [-0.15, -0.1) is 0 Å². The van der Waals surface area contributed by atoms with Crippen molar-refractivity contribution in [2.75, 3.05) is 6.54 Å². The highest BCUT2D eigenvalue weighted by Gasteiger charge is 2.31. The summed E-state index contributed by atoms with van der Waals surface area (Å²) in [4.78, 5) is 40.1. The monoisotopic (exact) mass is 366 g/mol. The molecule has 1 aliphatic heterocycles. The van der Waals surface area contributed by atoms with Gasteiger partial charge in [0.25, 0.3) is 11.5 Å². The fraction of sp³-hybridized carbons (Fsp3) is 0.421. The molecule has 1 fully saturated rings. The third kappa shape index (κ3) is 3.22. The normalized spacial score (nSPS) is 17.4. The van der Waals surface area contributed by atoms with Crippen LogP contribution in [0, 0.1) is 6.92 Å². The van der Waals surface area contributed by atoms with E-state index in [1.807, 2.05) is 24.8 Å². The number of hydrogen-bond donors (Lipinski definition) is 1. The molecule has 4 rings (SSSR count). The number of aromatic nitrogens is 5. The smallest absolute Gasteiger partial charge is 0.274 e. The second-order valence-electron chi connectivity index (χ2n) is 6.90. The SMILES string of the molecule is CCc1cc(=O)n2[nH]c(C3CCCCN3C(=O)c3cnc(C)cn3)cc2n1. The Bertz CT molecular complexity index is 1040. The molecule has 0 bridgehead atoms. The Balaban J connectivity index is 1.71. The van der Waals surface area contributed by atoms with Crippen LogP contribution in [-0.4, -0.2) is 41.9 Å². The Morgan fingerprint density at radius 2 is 2.11 bits per heavy atom. The predicted octanol–water partition coefficient (Wildman–Crippen LogP) is 2.05. The summed E-state index contributed by atoms with van der Waals surface area (Å²) in [5, 5.41) is 3.14. The van der Waals surface area contributed by atoms with Gasteiger partial charge in [-0.2, -0.15) is 0 Å². The summed E-state index contributed by atoms with van der Waals surface area (Å²) in [6.07, 6.45) is 6.62. The topological polar surface area (TPSA) is 96.2 Å². The molecule has 8 heteroatoms. The van der Waals surface area contributed by atoms with Crippen LogP contribution in [0.3, 0.4) is 0 Å². The Labute approximate surface area is 156 Å². The Morgan fingerprint density at radius 3 is 2.85 bits per heavy atom. The molecular weight excluding hydrogens is 344 g/mol. The lowest BCUT2D eigenvalue weighted by Crippen LogP contribution is -2.39. The van der Waals surface area contributed by atoms with E-state index in [0.29, 0.717) is 24.3 Å². The van der Waals surface area contributed by atoms with Crippen molar-refractivity contribution in [3.63, 3.8) is 0 Å². The summed E-state index contributed by atoms with van der Waals surface area (Å²) in [5.74, 6) is -0.139. The van der Waals surface area contributed by atoms with E-state index < -0.39 is 0 Å². The fourth-order valence-electron chi connectivity index (χ4n) is 3.56. The number of H-pyrrole nitrogens is 1. The van der Waals surface area contributed by atoms with Crippen molar-refractivity contribution < 1.29 is 4.79 Å². The Hall–Kier alpha value is -3.03. The molecule has 0 aliphatic carbocycles. The average Bonchev–Trinajstić information content (AvgIpc) is 3.12. The first-order valence-electron chi connectivity index (χ1n) is 9.28. The first-order chi connectivity index (χ1) is 13.1. The van der Waals surface area contributed by atoms with Crippen LogP contribution >= 0.6 is 0 Å². The van der Waals surface area contributed by atoms with Gasteiger partial charge >= 0.3 is 0 Å². The molecule has 1 unspecified atom stereocenters. The molecule has 0 aromatic carbocycles. The number of amides is 1. The molecular formula is C19H22N6O2. The predicted molar refractivity (Wildman–Crippen MR) is 99.6 cm³/mol. The summed E-state index contributed by atoms with van der Waals surface area (Å²) in [7, 11) is 0. The van der Waals surface area contributed by atoms with E-state index in [-0.39, 0.29) is 17.5 Å². The average molecular weight is 366 g/mol. The zero-order valence-corrected chi connectivity index (χ0v) is 15.5. The van der Waals surface area contributed by atoms with E-state index >= 15 is 0 Å². The molecule has 0 saturated carbocycles. The van der Waals surface area contributed by atoms with Crippen molar-refractivity contribution in [2.45, 2.75) is 45.6 Å². The van der Waals surface area contributed by atoms with Crippen LogP contribution in [0.15, 0.2) is 29.3 Å². The molecule has 1 saturated heterocycles. The highest BCUT2D eigenvalue weighted by molar-refractivity contribution is 5.92. The minimum absolute atomic E-state index is 0.138. The highest BCUT2D eigenvalue weighted by atomic mass is 16.2. The second-order valence-corrected chi connectivity index (χ2v) is 6.90. The lowest BCUT2D eigenvalue weighted by Gasteiger charge is -2.34. The van der Waals surface area contributed by atoms with Crippen LogP contribution in [0.4, 0.5) is 0 Å². The van der Waals surface area contributed by atoms with Crippen LogP contribution in [-0.2, 0) is 6.42 Å². The number of aromatic amines is 1. The van der Waals surface area contributed by atoms with Crippen molar-refractivity contribution in [3.05, 3.63) is 57.7 Å². The maximum Gasteiger partial charge on any atom is 0.274 e. The van der Waals surface area contributed by atoms with Gasteiger partial charge in [-0.05, 0) is 32.6 Å². The van der Waals surface area contributed by atoms with E-state index in [2.05, 4.69) is 20.1 Å². The van der Waals surface area contributed by atoms with E-state index in [4.69, 9.17) is 0 Å². The summed E-state index contributed by atoms with van der Waals surface area (Å²) >= 11 is 0. The lowest BCUT2D eigenvalue weighted by molar-refractivity contribution is 0.0599. The number of likely N-dealkylation sites (tertiary alicyclic amines) is 1. The molecule has 4 heterocycles. The van der Waals surface area contributed by atoms with Crippen LogP contribution in [0.5, 0.6) is 0 Å². The van der Waals surface area contributed by atoms with Crippen LogP contribution in [0.2, 0.25) is 0 Å². The maximum atomic E-state index is 13.0. The second kappa shape index (κ2) is 6.94. The van der Waals surface area contributed by atoms with Gasteiger partial charge in [0.15, 0.2) is 5.65 Å². The summed E-state index contributed by atoms with van der Waals surface area (Å²) < 4.78 is 1.44. The standard InChI is InChI=1S/C19H22N6O2/c1-3-13-8-18(26)25-17(22-13)9-14(23-25)16-6-4-5-7-24(16)19(27)15-11-20-12(2)10-21-15/h8-11,16,23H,3-7H2,1-2H3. The number of hydrogen-bond acceptors (Lipinski definition) is 5. The molecule has 8 nitrogen and oxygen atoms in total. The van der Waals surface area contributed by atoms with Crippen molar-refractivity contribution in [1.29, 1.82) is 0 Å². The van der Waals surface area contributed by atoms with Gasteiger partial charge in [0.2, 0.25) is 0 Å². The minimum atomic E-state index is -0.139. The number of nitrogens with one attached hydrogen (secondary N) is 1. The quantitative estimate of drug-likeness (QED) is 0.765. The number of carbonyl (C=O) groups is 1. The number of nitrogens with zero attached hydrogens (tertiary/aromatic N) is 5. The van der Waals surface area contributed by atoms with Crippen LogP contribution < -0.4 is 5.56 Å². The molecule has 27 heavy (non-hydrogen) atoms. The third-order valence-corrected chi connectivity index (χ3v) is 5.01. The largest absolute Gasteiger partial charge is 0.329 e. The summed E-state index contributed by atoms with van der Waals surface area (Å²) in [6.45, 7) is 4.46. The van der Waals surface area contributed by atoms with E-state index in [0.717, 1.165) is 36.3 Å². The van der Waals surface area contributed by atoms with E-state index in [1.165, 1.54) is 10.7 Å². The minimum Gasteiger partial charge on any atom is -0.329 e. The zero-order chi connectivity index (χ0) is 19.0. The molecule has 0 radical (unpaired) electrons. The van der Waals surface area contributed by atoms with Crippen LogP contribution in [0.25, 0.3) is 5.65 Å². The number of piperidine rings is 1. The fourth-order valence-corrected chi connectivity index (χ4v) is 3.56. The first kappa shape index (κ1) is 17.4. The van der Waals surface area contributed by atoms with E-state index in [1.54, 1.807) is 12.3 Å². The van der Waals surface area contributed by atoms with Crippen molar-refractivity contribution in [1.82, 2.24) is 29.5 Å². The van der Waals surface area contributed by atoms with Crippen molar-refractivity contribution in [2.24, 2.45) is 0 Å². The molecule has 1 atom stereocenters. The third-order valence-electron chi connectivity index (χ3n) is 5.01. The van der Waals surface area contributed by atoms with Gasteiger partial charge < -0.3 is 4.90 Å². The molecule has 3 aromatic rings. The van der Waals surface area contributed by atoms with E-state index in [9.17, 15) is 9.59 Å². The summed E-state index contributed by atoms with van der Waals surface area (Å²) in [6, 6.07) is 3.27. The van der Waals surface area contributed by atoms with Crippen molar-refractivity contribution >= 4 is 11.6 Å². The van der Waals surface area contributed by atoms with Crippen molar-refractivity contribution in [3.8, 4) is 0 Å². The maximum absolute atomic E-state index is 13.0. The number of fused-ring (bicyclic) bond motifs is 1. The Morgan fingerprint density at radius 1 is 1.26 bits per heavy atom. The number of rotatable bonds is 3. The van der Waals surface area contributed by atoms with Gasteiger partial charge in [-0.1, -0.05) is 6.92 Å². The molecule has 0 spiro atoms. The number of aryl methyl sites for hydroxylation is 2. The number of carbonyl (C=O) groups excluding carboxylic acids is 1. The molecule has 140 valence electrons. The molecule has 1 N–H and O–H groups in total. The van der Waals surface area contributed by atoms with Gasteiger partial charge in [0.05, 0.1) is 23.6 Å². The highest BCUT2D eigenvalue weighted by Crippen LogP contribution is 2.31. The van der Waals surface area contributed by atoms with Gasteiger partial charge in [0, 0.05) is 30.6 Å². The zero-order valence-electron chi connectivity index (χ0n) is 15.5.